The van der Waals surface area contributed by atoms with Crippen LogP contribution in [0.15, 0.2) is 42.6 Å². The second-order valence-corrected chi connectivity index (χ2v) is 6.17. The van der Waals surface area contributed by atoms with E-state index in [4.69, 9.17) is 4.74 Å². The number of carbonyl (C=O) groups excluding carboxylic acids is 1. The molecule has 126 valence electrons. The van der Waals surface area contributed by atoms with Crippen molar-refractivity contribution >= 4 is 5.91 Å². The third-order valence-corrected chi connectivity index (χ3v) is 4.43. The molecule has 0 saturated carbocycles. The van der Waals surface area contributed by atoms with Crippen LogP contribution in [0.5, 0.6) is 5.75 Å². The van der Waals surface area contributed by atoms with Crippen molar-refractivity contribution in [1.29, 1.82) is 0 Å². The van der Waals surface area contributed by atoms with Gasteiger partial charge in [-0.15, -0.1) is 0 Å². The van der Waals surface area contributed by atoms with Gasteiger partial charge in [-0.05, 0) is 48.6 Å². The van der Waals surface area contributed by atoms with Crippen molar-refractivity contribution in [3.05, 3.63) is 59.7 Å². The zero-order valence-electron chi connectivity index (χ0n) is 13.7. The van der Waals surface area contributed by atoms with Crippen molar-refractivity contribution in [2.75, 3.05) is 20.2 Å². The molecule has 1 atom stereocenters. The van der Waals surface area contributed by atoms with Crippen LogP contribution in [0.3, 0.4) is 0 Å². The second kappa shape index (κ2) is 7.43. The molecular weight excluding hydrogens is 307 g/mol. The first kappa shape index (κ1) is 16.4. The first-order valence-electron chi connectivity index (χ1n) is 8.16. The molecule has 1 aromatic heterocycles. The monoisotopic (exact) mass is 328 g/mol. The first-order chi connectivity index (χ1) is 11.7. The molecule has 4 nitrogen and oxygen atoms in total. The minimum Gasteiger partial charge on any atom is -0.494 e. The maximum atomic E-state index is 13.7. The Kier molecular flexibility index (Phi) is 5.08. The van der Waals surface area contributed by atoms with Crippen LogP contribution >= 0.6 is 0 Å². The van der Waals surface area contributed by atoms with E-state index in [1.54, 1.807) is 18.3 Å². The quantitative estimate of drug-likeness (QED) is 0.847. The summed E-state index contributed by atoms with van der Waals surface area (Å²) >= 11 is 0. The molecule has 0 spiro atoms. The summed E-state index contributed by atoms with van der Waals surface area (Å²) in [4.78, 5) is 18.7. The third-order valence-electron chi connectivity index (χ3n) is 4.43. The molecule has 1 amide bonds. The summed E-state index contributed by atoms with van der Waals surface area (Å²) in [5, 5.41) is 0. The lowest BCUT2D eigenvalue weighted by molar-refractivity contribution is -0.129. The minimum atomic E-state index is -0.433. The fraction of sp³-hybridized carbons (Fsp3) is 0.368. The Labute approximate surface area is 141 Å². The lowest BCUT2D eigenvalue weighted by atomic mass is 10.0. The lowest BCUT2D eigenvalue weighted by Gasteiger charge is -2.17. The predicted octanol–water partition coefficient (Wildman–Crippen LogP) is 2.86. The van der Waals surface area contributed by atoms with Gasteiger partial charge in [0.05, 0.1) is 13.5 Å². The van der Waals surface area contributed by atoms with Crippen LogP contribution in [0.1, 0.15) is 17.7 Å². The highest BCUT2D eigenvalue weighted by Gasteiger charge is 2.26. The van der Waals surface area contributed by atoms with E-state index in [9.17, 15) is 9.18 Å². The number of hydrogen-bond acceptors (Lipinski definition) is 3. The van der Waals surface area contributed by atoms with Gasteiger partial charge in [-0.1, -0.05) is 12.1 Å². The molecule has 0 radical (unpaired) electrons. The van der Waals surface area contributed by atoms with Crippen LogP contribution in [-0.2, 0) is 17.6 Å². The molecule has 1 aliphatic heterocycles. The zero-order valence-corrected chi connectivity index (χ0v) is 13.7. The summed E-state index contributed by atoms with van der Waals surface area (Å²) in [6.45, 7) is 1.50. The summed E-state index contributed by atoms with van der Waals surface area (Å²) in [7, 11) is 1.43. The van der Waals surface area contributed by atoms with Crippen LogP contribution < -0.4 is 4.74 Å². The van der Waals surface area contributed by atoms with Gasteiger partial charge in [0.2, 0.25) is 5.91 Å². The summed E-state index contributed by atoms with van der Waals surface area (Å²) in [6.07, 6.45) is 3.89. The largest absolute Gasteiger partial charge is 0.494 e. The summed E-state index contributed by atoms with van der Waals surface area (Å²) in [6, 6.07) is 10.6. The summed E-state index contributed by atoms with van der Waals surface area (Å²) in [5.74, 6) is 0.250. The van der Waals surface area contributed by atoms with E-state index in [-0.39, 0.29) is 18.1 Å². The number of carbonyl (C=O) groups is 1. The Balaban J connectivity index is 1.55. The number of rotatable bonds is 5. The number of ether oxygens (including phenoxy) is 1. The van der Waals surface area contributed by atoms with Gasteiger partial charge in [0.25, 0.3) is 0 Å². The fourth-order valence-electron chi connectivity index (χ4n) is 3.15. The second-order valence-electron chi connectivity index (χ2n) is 6.17. The van der Waals surface area contributed by atoms with Crippen LogP contribution in [0.2, 0.25) is 0 Å². The van der Waals surface area contributed by atoms with Crippen LogP contribution in [-0.4, -0.2) is 36.0 Å². The molecule has 0 N–H and O–H groups in total. The lowest BCUT2D eigenvalue weighted by Crippen LogP contribution is -2.30. The van der Waals surface area contributed by atoms with E-state index in [0.717, 1.165) is 31.6 Å². The molecule has 1 aromatic carbocycles. The molecule has 5 heteroatoms. The topological polar surface area (TPSA) is 42.4 Å². The number of hydrogen-bond donors (Lipinski definition) is 0. The highest BCUT2D eigenvalue weighted by atomic mass is 19.1. The number of methoxy groups -OCH3 is 1. The number of nitrogens with zero attached hydrogens (tertiary/aromatic N) is 2. The van der Waals surface area contributed by atoms with E-state index in [0.29, 0.717) is 11.5 Å². The maximum absolute atomic E-state index is 13.7. The van der Waals surface area contributed by atoms with Gasteiger partial charge in [-0.2, -0.15) is 0 Å². The van der Waals surface area contributed by atoms with Gasteiger partial charge in [0, 0.05) is 25.0 Å². The molecule has 3 rings (SSSR count). The Bertz CT molecular complexity index is 706. The van der Waals surface area contributed by atoms with E-state index >= 15 is 0 Å². The van der Waals surface area contributed by atoms with Crippen LogP contribution in [0, 0.1) is 11.7 Å². The Morgan fingerprint density at radius 2 is 2.25 bits per heavy atom. The Hall–Kier alpha value is -2.43. The molecule has 1 aliphatic rings. The Morgan fingerprint density at radius 3 is 2.96 bits per heavy atom. The molecule has 24 heavy (non-hydrogen) atoms. The fourth-order valence-corrected chi connectivity index (χ4v) is 3.15. The first-order valence-corrected chi connectivity index (χ1v) is 8.16. The van der Waals surface area contributed by atoms with Crippen molar-refractivity contribution in [3.8, 4) is 5.75 Å². The van der Waals surface area contributed by atoms with Gasteiger partial charge in [0.1, 0.15) is 0 Å². The highest BCUT2D eigenvalue weighted by molar-refractivity contribution is 5.79. The minimum absolute atomic E-state index is 0.0445. The molecule has 1 fully saturated rings. The number of halogens is 1. The van der Waals surface area contributed by atoms with Gasteiger partial charge >= 0.3 is 0 Å². The number of likely N-dealkylation sites (tertiary alicyclic amines) is 1. The van der Waals surface area contributed by atoms with E-state index in [2.05, 4.69) is 4.98 Å². The number of amides is 1. The van der Waals surface area contributed by atoms with Crippen molar-refractivity contribution in [1.82, 2.24) is 9.88 Å². The van der Waals surface area contributed by atoms with Gasteiger partial charge in [-0.3, -0.25) is 9.78 Å². The summed E-state index contributed by atoms with van der Waals surface area (Å²) < 4.78 is 18.6. The third kappa shape index (κ3) is 3.91. The van der Waals surface area contributed by atoms with Crippen molar-refractivity contribution in [2.24, 2.45) is 5.92 Å². The van der Waals surface area contributed by atoms with Crippen molar-refractivity contribution in [3.63, 3.8) is 0 Å². The van der Waals surface area contributed by atoms with Gasteiger partial charge in [0.15, 0.2) is 11.6 Å². The molecule has 1 unspecified atom stereocenters. The predicted molar refractivity (Wildman–Crippen MR) is 89.3 cm³/mol. The van der Waals surface area contributed by atoms with Crippen LogP contribution in [0.4, 0.5) is 4.39 Å². The molecular formula is C19H21FN2O2. The molecule has 1 saturated heterocycles. The SMILES string of the molecule is COc1ccc(CC(=O)N2CCC(Cc3ccccn3)C2)cc1F. The average Bonchev–Trinajstić information content (AvgIpc) is 3.04. The van der Waals surface area contributed by atoms with Gasteiger partial charge < -0.3 is 9.64 Å². The number of pyridine rings is 1. The maximum Gasteiger partial charge on any atom is 0.227 e. The molecule has 0 bridgehead atoms. The molecule has 0 aliphatic carbocycles. The van der Waals surface area contributed by atoms with Crippen molar-refractivity contribution < 1.29 is 13.9 Å². The standard InChI is InChI=1S/C19H21FN2O2/c1-24-18-6-5-14(11-17(18)20)12-19(23)22-9-7-15(13-22)10-16-4-2-3-8-21-16/h2-6,8,11,15H,7,9-10,12-13H2,1H3. The normalized spacial score (nSPS) is 17.1. The number of aromatic nitrogens is 1. The Morgan fingerprint density at radius 1 is 1.38 bits per heavy atom. The van der Waals surface area contributed by atoms with Crippen LogP contribution in [0.25, 0.3) is 0 Å². The van der Waals surface area contributed by atoms with E-state index in [1.165, 1.54) is 13.2 Å². The summed E-state index contributed by atoms with van der Waals surface area (Å²) in [5.41, 5.74) is 1.74. The van der Waals surface area contributed by atoms with Gasteiger partial charge in [-0.25, -0.2) is 4.39 Å². The molecule has 2 aromatic rings. The van der Waals surface area contributed by atoms with E-state index in [1.807, 2.05) is 23.1 Å². The van der Waals surface area contributed by atoms with Crippen molar-refractivity contribution in [2.45, 2.75) is 19.3 Å². The zero-order chi connectivity index (χ0) is 16.9. The van der Waals surface area contributed by atoms with E-state index < -0.39 is 5.82 Å². The number of benzene rings is 1. The molecule has 2 heterocycles. The highest BCUT2D eigenvalue weighted by Crippen LogP contribution is 2.22. The smallest absolute Gasteiger partial charge is 0.227 e. The average molecular weight is 328 g/mol.